The minimum Gasteiger partial charge on any atom is -1.00 e. The van der Waals surface area contributed by atoms with Crippen LogP contribution in [0.3, 0.4) is 0 Å². The maximum atomic E-state index is 10.0. The second-order valence-electron chi connectivity index (χ2n) is 7.07. The molecule has 0 spiro atoms. The number of carboxylic acid groups (broad SMARTS) is 1. The zero-order chi connectivity index (χ0) is 32.2. The summed E-state index contributed by atoms with van der Waals surface area (Å²) in [4.78, 5) is 29.0. The molecule has 0 bridgehead atoms. The van der Waals surface area contributed by atoms with Crippen LogP contribution in [0.5, 0.6) is 0 Å². The van der Waals surface area contributed by atoms with E-state index in [1.165, 1.54) is 24.9 Å². The van der Waals surface area contributed by atoms with Crippen LogP contribution in [0.4, 0.5) is 4.39 Å². The predicted octanol–water partition coefficient (Wildman–Crippen LogP) is -1.05. The van der Waals surface area contributed by atoms with Gasteiger partial charge in [0, 0.05) is 32.7 Å². The molecule has 1 rings (SSSR count). The van der Waals surface area contributed by atoms with Crippen molar-refractivity contribution in [1.82, 2.24) is 14.9 Å². The molecular weight excluding hydrogens is 757 g/mol. The molecule has 0 fully saturated rings. The topological polar surface area (TPSA) is 156 Å². The van der Waals surface area contributed by atoms with Gasteiger partial charge in [0.1, 0.15) is 44.9 Å². The number of alkyl halides is 2. The third-order valence-electron chi connectivity index (χ3n) is 2.27. The number of nitrogens with two attached hydrogens (primary N) is 1. The Balaban J connectivity index is -0.0000000585. The third-order valence-corrected chi connectivity index (χ3v) is 2.75. The summed E-state index contributed by atoms with van der Waals surface area (Å²) in [7, 11) is 11.1. The molecular formula is C21H40BrCl6FN7O4P. The van der Waals surface area contributed by atoms with Crippen molar-refractivity contribution in [2.24, 2.45) is 5.73 Å². The molecule has 0 aliphatic heterocycles. The molecule has 0 aliphatic rings. The number of nitrogens with zero attached hydrogens (tertiary/aromatic N) is 5. The van der Waals surface area contributed by atoms with E-state index < -0.39 is 18.3 Å². The molecule has 0 aliphatic carbocycles. The van der Waals surface area contributed by atoms with Gasteiger partial charge in [0.15, 0.2) is 18.7 Å². The standard InChI is InChI=1S/C10H21N3.C6H6N2O.C2H3BrO2.C2H6N2.CH3F.Cl3OP.3ClH/c1-11(2)7-10(8-12(3)4)9-13(5)6;1-5-7-2-6(4-9)3-8-5;3-1-2(4)5;1-2(3)4;1-2;1-5(2,3)4;;;/h7-9H,1-6H3;2-4H,1H3;1H2,(H,4,5);1H3,(H3,3,4);1H3;;3*1H/q+2;;;;;;;;/p-2/i;;;;1D;;;;. The van der Waals surface area contributed by atoms with Crippen molar-refractivity contribution in [2.45, 2.75) is 13.8 Å². The lowest BCUT2D eigenvalue weighted by Crippen LogP contribution is -3.00. The number of aliphatic carboxylic acids is 1. The largest absolute Gasteiger partial charge is 1.00 e. The highest BCUT2D eigenvalue weighted by Gasteiger charge is 2.03. The molecule has 0 saturated heterocycles. The highest BCUT2D eigenvalue weighted by atomic mass is 79.9. The number of nitrogens with one attached hydrogen (secondary N) is 1. The zero-order valence-electron chi connectivity index (χ0n) is 24.9. The third kappa shape index (κ3) is 85.4. The van der Waals surface area contributed by atoms with E-state index in [1.54, 1.807) is 6.92 Å². The highest BCUT2D eigenvalue weighted by Crippen LogP contribution is 2.61. The van der Waals surface area contributed by atoms with Crippen molar-refractivity contribution < 1.29 is 59.0 Å². The van der Waals surface area contributed by atoms with Crippen molar-refractivity contribution in [2.75, 3.05) is 54.8 Å². The Hall–Kier alpha value is -1.05. The van der Waals surface area contributed by atoms with Crippen molar-refractivity contribution in [3.8, 4) is 0 Å². The van der Waals surface area contributed by atoms with Crippen molar-refractivity contribution in [3.05, 3.63) is 35.6 Å². The lowest BCUT2D eigenvalue weighted by Gasteiger charge is -2.03. The van der Waals surface area contributed by atoms with E-state index in [0.717, 1.165) is 6.29 Å². The van der Waals surface area contributed by atoms with Gasteiger partial charge in [-0.25, -0.2) is 19.1 Å². The number of allylic oxidation sites excluding steroid dienone is 1. The fourth-order valence-corrected chi connectivity index (χ4v) is 1.46. The predicted molar refractivity (Wildman–Crippen MR) is 169 cm³/mol. The Bertz CT molecular complexity index is 921. The van der Waals surface area contributed by atoms with Crippen molar-refractivity contribution >= 4 is 97.8 Å². The maximum absolute atomic E-state index is 10.0. The van der Waals surface area contributed by atoms with Crippen LogP contribution < -0.4 is 30.5 Å². The number of rotatable bonds is 5. The summed E-state index contributed by atoms with van der Waals surface area (Å²) in [6.45, 7) is 3.30. The number of carboxylic acids is 1. The van der Waals surface area contributed by atoms with Crippen molar-refractivity contribution in [3.63, 3.8) is 0 Å². The van der Waals surface area contributed by atoms with Gasteiger partial charge in [0.2, 0.25) is 0 Å². The number of amidine groups is 1. The molecule has 4 N–H and O–H groups in total. The van der Waals surface area contributed by atoms with E-state index in [2.05, 4.69) is 78.2 Å². The summed E-state index contributed by atoms with van der Waals surface area (Å²) in [5, 5.41) is 10.8. The van der Waals surface area contributed by atoms with Crippen molar-refractivity contribution in [1.29, 1.82) is 5.41 Å². The Morgan fingerprint density at radius 1 is 1.20 bits per heavy atom. The molecule has 0 atom stereocenters. The number of aldehydes is 1. The molecule has 244 valence electrons. The molecule has 0 unspecified atom stereocenters. The van der Waals surface area contributed by atoms with E-state index >= 15 is 0 Å². The van der Waals surface area contributed by atoms with Gasteiger partial charge in [0.05, 0.1) is 19.9 Å². The van der Waals surface area contributed by atoms with Gasteiger partial charge in [-0.05, 0) is 47.6 Å². The van der Waals surface area contributed by atoms with E-state index in [4.69, 9.17) is 17.6 Å². The molecule has 0 aromatic carbocycles. The van der Waals surface area contributed by atoms with Gasteiger partial charge in [-0.15, -0.1) is 12.4 Å². The first-order valence-electron chi connectivity index (χ1n) is 10.6. The molecule has 1 aromatic rings. The molecule has 20 heteroatoms. The van der Waals surface area contributed by atoms with E-state index in [1.807, 2.05) is 56.3 Å². The minimum absolute atomic E-state index is 0. The second-order valence-corrected chi connectivity index (χ2v) is 14.3. The monoisotopic (exact) mass is 794 g/mol. The average Bonchev–Trinajstić information content (AvgIpc) is 2.73. The van der Waals surface area contributed by atoms with Crippen LogP contribution in [-0.4, -0.2) is 114 Å². The number of carbonyl (C=O) groups is 2. The Kier molecular flexibility index (Phi) is 53.0. The number of hydrogen-bond acceptors (Lipinski definition) is 7. The van der Waals surface area contributed by atoms with Crippen LogP contribution in [0.25, 0.3) is 0 Å². The summed E-state index contributed by atoms with van der Waals surface area (Å²) in [6.07, 6.45) is 9.96. The lowest BCUT2D eigenvalue weighted by molar-refractivity contribution is -0.462. The Morgan fingerprint density at radius 3 is 1.63 bits per heavy atom. The van der Waals surface area contributed by atoms with Crippen LogP contribution in [0.1, 0.15) is 24.5 Å². The second kappa shape index (κ2) is 39.0. The Labute approximate surface area is 285 Å². The first-order chi connectivity index (χ1) is 17.7. The van der Waals surface area contributed by atoms with E-state index in [9.17, 15) is 18.5 Å². The maximum Gasteiger partial charge on any atom is 0.339 e. The van der Waals surface area contributed by atoms with Gasteiger partial charge in [-0.2, -0.15) is 0 Å². The molecule has 11 nitrogen and oxygen atoms in total. The summed E-state index contributed by atoms with van der Waals surface area (Å²) < 4.78 is 29.1. The lowest BCUT2D eigenvalue weighted by atomic mass is 10.3. The molecule has 1 aromatic heterocycles. The summed E-state index contributed by atoms with van der Waals surface area (Å²) in [5.74, 6) is 0.0191. The minimum atomic E-state index is -3.22. The van der Waals surface area contributed by atoms with E-state index in [-0.39, 0.29) is 48.4 Å². The Morgan fingerprint density at radius 2 is 1.46 bits per heavy atom. The number of carbonyl (C=O) groups excluding carboxylic acids is 1. The fourth-order valence-electron chi connectivity index (χ4n) is 1.46. The summed E-state index contributed by atoms with van der Waals surface area (Å²) in [5.41, 5.74) is 6.39. The molecule has 0 radical (unpaired) electrons. The average molecular weight is 798 g/mol. The van der Waals surface area contributed by atoms with E-state index in [0.29, 0.717) is 11.4 Å². The molecule has 1 heterocycles. The summed E-state index contributed by atoms with van der Waals surface area (Å²) >= 11 is 16.6. The van der Waals surface area contributed by atoms with Gasteiger partial charge < -0.3 is 40.6 Å². The van der Waals surface area contributed by atoms with Crippen LogP contribution >= 0.6 is 67.3 Å². The van der Waals surface area contributed by atoms with Crippen LogP contribution in [0.2, 0.25) is 0 Å². The fraction of sp³-hybridized carbons (Fsp3) is 0.476. The van der Waals surface area contributed by atoms with Gasteiger partial charge in [-0.1, -0.05) is 15.9 Å². The van der Waals surface area contributed by atoms with Crippen LogP contribution in [-0.2, 0) is 9.36 Å². The highest BCUT2D eigenvalue weighted by molar-refractivity contribution is 9.09. The number of aryl methyl sites for hydroxylation is 1. The first-order valence-corrected chi connectivity index (χ1v) is 15.5. The normalized spacial score (nSPS) is 8.17. The number of hydrogen-bond donors (Lipinski definition) is 3. The molecule has 0 saturated carbocycles. The van der Waals surface area contributed by atoms with Gasteiger partial charge >= 0.3 is 11.2 Å². The number of halogens is 8. The number of aromatic nitrogens is 2. The van der Waals surface area contributed by atoms with Gasteiger partial charge in [-0.3, -0.25) is 24.0 Å². The van der Waals surface area contributed by atoms with Crippen LogP contribution in [0.15, 0.2) is 24.2 Å². The zero-order valence-corrected chi connectivity index (χ0v) is 30.9. The quantitative estimate of drug-likeness (QED) is 0.0852. The van der Waals surface area contributed by atoms with Crippen LogP contribution in [0, 0.1) is 12.3 Å². The summed E-state index contributed by atoms with van der Waals surface area (Å²) in [6, 6.07) is 0. The smallest absolute Gasteiger partial charge is 0.339 e. The molecule has 0 amide bonds. The SMILES string of the molecule is CC(=N)N.CN(C)C=C(C=[N+](C)C)C=[N+](C)C.Cc1ncc(C=O)cn1.Cl.O=C(O)CBr.O=P(Cl)(Cl)Cl.[2H]CF.[Cl-].[Cl-]. The first kappa shape index (κ1) is 55.8. The molecule has 41 heavy (non-hydrogen) atoms. The van der Waals surface area contributed by atoms with Gasteiger partial charge in [0.25, 0.3) is 0 Å².